The Morgan fingerprint density at radius 3 is 2.63 bits per heavy atom. The second-order valence-corrected chi connectivity index (χ2v) is 11.6. The first-order valence-electron chi connectivity index (χ1n) is 14.4. The molecule has 6 rings (SSSR count). The van der Waals surface area contributed by atoms with E-state index in [9.17, 15) is 22.8 Å². The van der Waals surface area contributed by atoms with Crippen molar-refractivity contribution in [2.75, 3.05) is 39.0 Å². The van der Waals surface area contributed by atoms with Crippen LogP contribution < -0.4 is 15.8 Å². The van der Waals surface area contributed by atoms with E-state index in [1.54, 1.807) is 12.1 Å². The molecule has 2 saturated heterocycles. The van der Waals surface area contributed by atoms with Gasteiger partial charge in [-0.15, -0.1) is 0 Å². The summed E-state index contributed by atoms with van der Waals surface area (Å²) in [6, 6.07) is 5.94. The number of amides is 2. The van der Waals surface area contributed by atoms with E-state index in [1.807, 2.05) is 4.90 Å². The SMILES string of the molecule is COc1nccc(-c2cc(CN3CCC(F)(F)CC3)c3c(N)ncnn23)c1C(=O)N[C@@H]1CN(C(=O)c2c(F)cccc2Cl)C[C@@H]1F. The maximum Gasteiger partial charge on any atom is 0.258 e. The van der Waals surface area contributed by atoms with Crippen molar-refractivity contribution in [1.29, 1.82) is 0 Å². The Kier molecular flexibility index (Phi) is 8.46. The molecule has 2 atom stereocenters. The van der Waals surface area contributed by atoms with E-state index in [2.05, 4.69) is 20.4 Å². The van der Waals surface area contributed by atoms with Gasteiger partial charge in [0.1, 0.15) is 29.4 Å². The Balaban J connectivity index is 1.31. The smallest absolute Gasteiger partial charge is 0.258 e. The monoisotopic (exact) mass is 660 g/mol. The number of alkyl halides is 3. The average Bonchev–Trinajstić information content (AvgIpc) is 3.58. The van der Waals surface area contributed by atoms with Gasteiger partial charge >= 0.3 is 0 Å². The predicted octanol–water partition coefficient (Wildman–Crippen LogP) is 4.00. The number of methoxy groups -OCH3 is 1. The fraction of sp³-hybridized carbons (Fsp3) is 0.367. The molecule has 0 aliphatic carbocycles. The summed E-state index contributed by atoms with van der Waals surface area (Å²) in [5.41, 5.74) is 7.63. The number of carbonyl (C=O) groups excluding carboxylic acids is 2. The van der Waals surface area contributed by atoms with Crippen molar-refractivity contribution >= 4 is 34.7 Å². The Hall–Kier alpha value is -4.50. The number of nitrogens with one attached hydrogen (secondary N) is 1. The van der Waals surface area contributed by atoms with Gasteiger partial charge in [-0.1, -0.05) is 17.7 Å². The summed E-state index contributed by atoms with van der Waals surface area (Å²) in [7, 11) is 1.32. The number of carbonyl (C=O) groups is 2. The quantitative estimate of drug-likeness (QED) is 0.285. The molecule has 242 valence electrons. The highest BCUT2D eigenvalue weighted by Gasteiger charge is 2.39. The van der Waals surface area contributed by atoms with Crippen LogP contribution in [0.4, 0.5) is 23.4 Å². The lowest BCUT2D eigenvalue weighted by molar-refractivity contribution is -0.0565. The lowest BCUT2D eigenvalue weighted by Crippen LogP contribution is -2.42. The number of nitrogen functional groups attached to an aromatic ring is 1. The minimum atomic E-state index is -2.71. The Morgan fingerprint density at radius 1 is 1.15 bits per heavy atom. The second-order valence-electron chi connectivity index (χ2n) is 11.2. The molecule has 3 aromatic heterocycles. The van der Waals surface area contributed by atoms with Gasteiger partial charge in [-0.05, 0) is 29.8 Å². The van der Waals surface area contributed by atoms with Crippen LogP contribution in [0, 0.1) is 5.82 Å². The van der Waals surface area contributed by atoms with Crippen LogP contribution in [0.25, 0.3) is 16.8 Å². The molecule has 16 heteroatoms. The van der Waals surface area contributed by atoms with Crippen LogP contribution in [0.3, 0.4) is 0 Å². The third-order valence-electron chi connectivity index (χ3n) is 8.28. The van der Waals surface area contributed by atoms with Crippen molar-refractivity contribution in [2.24, 2.45) is 0 Å². The van der Waals surface area contributed by atoms with Gasteiger partial charge < -0.3 is 20.7 Å². The molecule has 5 heterocycles. The Morgan fingerprint density at radius 2 is 1.91 bits per heavy atom. The molecule has 46 heavy (non-hydrogen) atoms. The number of anilines is 1. The molecule has 11 nitrogen and oxygen atoms in total. The van der Waals surface area contributed by atoms with Gasteiger partial charge in [-0.25, -0.2) is 32.0 Å². The second kappa shape index (κ2) is 12.4. The summed E-state index contributed by atoms with van der Waals surface area (Å²) in [4.78, 5) is 38.1. The highest BCUT2D eigenvalue weighted by molar-refractivity contribution is 6.33. The largest absolute Gasteiger partial charge is 0.480 e. The first-order chi connectivity index (χ1) is 22.0. The highest BCUT2D eigenvalue weighted by Crippen LogP contribution is 2.35. The van der Waals surface area contributed by atoms with Gasteiger partial charge in [0.05, 0.1) is 36.0 Å². The molecule has 0 spiro atoms. The molecule has 0 bridgehead atoms. The molecular formula is C30H29ClF4N8O3. The minimum absolute atomic E-state index is 0.0418. The number of ether oxygens (including phenoxy) is 1. The molecule has 0 unspecified atom stereocenters. The summed E-state index contributed by atoms with van der Waals surface area (Å²) in [5, 5.41) is 6.87. The van der Waals surface area contributed by atoms with Gasteiger partial charge in [0.15, 0.2) is 5.82 Å². The van der Waals surface area contributed by atoms with E-state index in [4.69, 9.17) is 22.1 Å². The molecule has 2 aliphatic heterocycles. The Bertz CT molecular complexity index is 1790. The molecule has 2 amide bonds. The standard InChI is InChI=1S/C30H29ClF4N8O3/c1-46-28-23(27(44)40-21-14-42(13-20(21)33)29(45)24-18(31)3-2-4-19(24)32)17(5-8-37-28)22-11-16(25-26(36)38-15-39-43(22)25)12-41-9-6-30(34,35)7-10-41/h2-5,8,11,15,20-21H,6-7,9-10,12-14H2,1H3,(H,40,44)(H2,36,38,39)/t20-,21+/m0/s1. The van der Waals surface area contributed by atoms with Gasteiger partial charge in [-0.3, -0.25) is 14.5 Å². The van der Waals surface area contributed by atoms with Crippen LogP contribution in [0.5, 0.6) is 5.88 Å². The van der Waals surface area contributed by atoms with E-state index in [0.29, 0.717) is 22.3 Å². The number of piperidine rings is 1. The van der Waals surface area contributed by atoms with Gasteiger partial charge in [0.2, 0.25) is 5.88 Å². The summed E-state index contributed by atoms with van der Waals surface area (Å²) < 4.78 is 64.2. The molecule has 2 aliphatic rings. The first kappa shape index (κ1) is 31.5. The van der Waals surface area contributed by atoms with Crippen molar-refractivity contribution < 1.29 is 31.9 Å². The zero-order chi connectivity index (χ0) is 32.7. The molecule has 1 aromatic carbocycles. The number of likely N-dealkylation sites (tertiary alicyclic amines) is 2. The summed E-state index contributed by atoms with van der Waals surface area (Å²) >= 11 is 6.04. The molecule has 0 radical (unpaired) electrons. The number of hydrogen-bond donors (Lipinski definition) is 2. The van der Waals surface area contributed by atoms with Gasteiger partial charge in [0, 0.05) is 50.8 Å². The lowest BCUT2D eigenvalue weighted by atomic mass is 10.0. The zero-order valence-electron chi connectivity index (χ0n) is 24.5. The zero-order valence-corrected chi connectivity index (χ0v) is 25.3. The van der Waals surface area contributed by atoms with Crippen molar-refractivity contribution in [1.82, 2.24) is 34.7 Å². The number of halogens is 5. The van der Waals surface area contributed by atoms with Crippen LogP contribution in [0.1, 0.15) is 39.1 Å². The third kappa shape index (κ3) is 5.91. The van der Waals surface area contributed by atoms with Gasteiger partial charge in [0.25, 0.3) is 17.7 Å². The average molecular weight is 661 g/mol. The number of pyridine rings is 1. The fourth-order valence-electron chi connectivity index (χ4n) is 5.93. The van der Waals surface area contributed by atoms with E-state index < -0.39 is 42.3 Å². The summed E-state index contributed by atoms with van der Waals surface area (Å²) in [6.45, 7) is 0.00121. The molecule has 3 N–H and O–H groups in total. The molecule has 4 aromatic rings. The Labute approximate surface area is 265 Å². The van der Waals surface area contributed by atoms with Crippen LogP contribution in [-0.2, 0) is 6.54 Å². The molecule has 2 fully saturated rings. The van der Waals surface area contributed by atoms with Crippen LogP contribution in [-0.4, -0.2) is 92.6 Å². The topological polar surface area (TPSA) is 131 Å². The number of hydrogen-bond acceptors (Lipinski definition) is 8. The lowest BCUT2D eigenvalue weighted by Gasteiger charge is -2.31. The number of rotatable bonds is 7. The predicted molar refractivity (Wildman–Crippen MR) is 160 cm³/mol. The maximum absolute atomic E-state index is 15.3. The van der Waals surface area contributed by atoms with E-state index in [-0.39, 0.29) is 66.9 Å². The highest BCUT2D eigenvalue weighted by atomic mass is 35.5. The number of aromatic nitrogens is 4. The first-order valence-corrected chi connectivity index (χ1v) is 14.8. The maximum atomic E-state index is 15.3. The normalized spacial score (nSPS) is 19.8. The number of fused-ring (bicyclic) bond motifs is 1. The third-order valence-corrected chi connectivity index (χ3v) is 8.60. The molecular weight excluding hydrogens is 632 g/mol. The summed E-state index contributed by atoms with van der Waals surface area (Å²) in [5.74, 6) is -5.02. The summed E-state index contributed by atoms with van der Waals surface area (Å²) in [6.07, 6.45) is 0.463. The fourth-order valence-corrected chi connectivity index (χ4v) is 6.18. The molecule has 0 saturated carbocycles. The number of nitrogens with two attached hydrogens (primary N) is 1. The van der Waals surface area contributed by atoms with Crippen molar-refractivity contribution in [2.45, 2.75) is 37.5 Å². The van der Waals surface area contributed by atoms with E-state index in [0.717, 1.165) is 11.0 Å². The van der Waals surface area contributed by atoms with Crippen LogP contribution >= 0.6 is 11.6 Å². The van der Waals surface area contributed by atoms with E-state index in [1.165, 1.54) is 36.3 Å². The van der Waals surface area contributed by atoms with Gasteiger partial charge in [-0.2, -0.15) is 5.10 Å². The van der Waals surface area contributed by atoms with Crippen molar-refractivity contribution in [3.63, 3.8) is 0 Å². The van der Waals surface area contributed by atoms with Crippen molar-refractivity contribution in [3.8, 4) is 17.1 Å². The van der Waals surface area contributed by atoms with Crippen LogP contribution in [0.2, 0.25) is 5.02 Å². The number of benzene rings is 1. The van der Waals surface area contributed by atoms with Crippen LogP contribution in [0.15, 0.2) is 42.9 Å². The van der Waals surface area contributed by atoms with Crippen molar-refractivity contribution in [3.05, 3.63) is 70.4 Å². The minimum Gasteiger partial charge on any atom is -0.480 e. The van der Waals surface area contributed by atoms with E-state index >= 15 is 4.39 Å². The number of nitrogens with zero attached hydrogens (tertiary/aromatic N) is 6.